The second-order valence-electron chi connectivity index (χ2n) is 6.20. The van der Waals surface area contributed by atoms with E-state index in [1.807, 2.05) is 30.3 Å². The molecule has 1 atom stereocenters. The van der Waals surface area contributed by atoms with Crippen LogP contribution >= 0.6 is 11.8 Å². The van der Waals surface area contributed by atoms with E-state index in [1.54, 1.807) is 23.9 Å². The van der Waals surface area contributed by atoms with Crippen LogP contribution in [-0.2, 0) is 11.2 Å². The Balaban J connectivity index is 1.47. The maximum absolute atomic E-state index is 12.6. The van der Waals surface area contributed by atoms with E-state index in [0.717, 1.165) is 24.2 Å². The van der Waals surface area contributed by atoms with Crippen LogP contribution in [0.4, 0.5) is 5.69 Å². The highest BCUT2D eigenvalue weighted by Crippen LogP contribution is 2.37. The van der Waals surface area contributed by atoms with Gasteiger partial charge in [-0.15, -0.1) is 11.8 Å². The molecule has 2 aromatic carbocycles. The second kappa shape index (κ2) is 6.32. The molecule has 1 fully saturated rings. The molecule has 1 unspecified atom stereocenters. The summed E-state index contributed by atoms with van der Waals surface area (Å²) in [6.07, 6.45) is 2.80. The first-order valence-corrected chi connectivity index (χ1v) is 9.04. The molecule has 4 rings (SSSR count). The van der Waals surface area contributed by atoms with Crippen molar-refractivity contribution in [2.24, 2.45) is 0 Å². The van der Waals surface area contributed by atoms with E-state index >= 15 is 0 Å². The molecule has 4 nitrogen and oxygen atoms in total. The Morgan fingerprint density at radius 3 is 2.54 bits per heavy atom. The summed E-state index contributed by atoms with van der Waals surface area (Å²) in [5.41, 5.74) is 2.32. The lowest BCUT2D eigenvalue weighted by atomic mass is 10.1. The van der Waals surface area contributed by atoms with Gasteiger partial charge in [0.05, 0.1) is 16.5 Å². The fraction of sp³-hybridized carbons (Fsp3) is 0.263. The van der Waals surface area contributed by atoms with Gasteiger partial charge in [-0.25, -0.2) is 0 Å². The highest BCUT2D eigenvalue weighted by Gasteiger charge is 2.29. The summed E-state index contributed by atoms with van der Waals surface area (Å²) in [5.74, 6) is -0.168. The third-order valence-electron chi connectivity index (χ3n) is 4.28. The zero-order chi connectivity index (χ0) is 16.5. The number of benzene rings is 2. The number of anilines is 1. The van der Waals surface area contributed by atoms with Crippen molar-refractivity contribution in [3.63, 3.8) is 0 Å². The fourth-order valence-electron chi connectivity index (χ4n) is 2.82. The molecule has 0 bridgehead atoms. The van der Waals surface area contributed by atoms with Gasteiger partial charge in [0.25, 0.3) is 5.91 Å². The monoisotopic (exact) mass is 338 g/mol. The quantitative estimate of drug-likeness (QED) is 0.900. The first kappa shape index (κ1) is 15.3. The molecule has 122 valence electrons. The van der Waals surface area contributed by atoms with Crippen LogP contribution in [0, 0.1) is 0 Å². The van der Waals surface area contributed by atoms with E-state index in [2.05, 4.69) is 16.7 Å². The van der Waals surface area contributed by atoms with Crippen molar-refractivity contribution in [1.29, 1.82) is 0 Å². The molecule has 0 spiro atoms. The summed E-state index contributed by atoms with van der Waals surface area (Å²) in [7, 11) is 0. The van der Waals surface area contributed by atoms with Gasteiger partial charge in [-0.2, -0.15) is 0 Å². The lowest BCUT2D eigenvalue weighted by Gasteiger charge is -2.13. The fourth-order valence-corrected chi connectivity index (χ4v) is 4.02. The standard InChI is InChI=1S/C19H18N2O2S/c22-18(20-13-9-10-13)14-6-2-3-7-15(14)21-19(23)17-11-12-5-1-4-8-16(12)24-17/h1-8,13,17H,9-11H2,(H,20,22)(H,21,23). The summed E-state index contributed by atoms with van der Waals surface area (Å²) in [5, 5.41) is 5.76. The SMILES string of the molecule is O=C(NC1CC1)c1ccccc1NC(=O)C1Cc2ccccc2S1. The van der Waals surface area contributed by atoms with Crippen LogP contribution in [0.5, 0.6) is 0 Å². The van der Waals surface area contributed by atoms with Crippen LogP contribution in [0.1, 0.15) is 28.8 Å². The highest BCUT2D eigenvalue weighted by atomic mass is 32.2. The van der Waals surface area contributed by atoms with E-state index in [9.17, 15) is 9.59 Å². The molecule has 2 aliphatic rings. The number of hydrogen-bond donors (Lipinski definition) is 2. The van der Waals surface area contributed by atoms with Crippen molar-refractivity contribution < 1.29 is 9.59 Å². The first-order valence-electron chi connectivity index (χ1n) is 8.16. The normalized spacial score (nSPS) is 18.8. The van der Waals surface area contributed by atoms with Gasteiger partial charge in [0.2, 0.25) is 5.91 Å². The van der Waals surface area contributed by atoms with Crippen molar-refractivity contribution in [1.82, 2.24) is 5.32 Å². The predicted molar refractivity (Wildman–Crippen MR) is 95.4 cm³/mol. The van der Waals surface area contributed by atoms with E-state index < -0.39 is 0 Å². The lowest BCUT2D eigenvalue weighted by molar-refractivity contribution is -0.115. The highest BCUT2D eigenvalue weighted by molar-refractivity contribution is 8.01. The Kier molecular flexibility index (Phi) is 4.02. The van der Waals surface area contributed by atoms with Gasteiger partial charge in [0.15, 0.2) is 0 Å². The molecule has 1 saturated carbocycles. The number of hydrogen-bond acceptors (Lipinski definition) is 3. The number of amides is 2. The summed E-state index contributed by atoms with van der Waals surface area (Å²) < 4.78 is 0. The average molecular weight is 338 g/mol. The minimum absolute atomic E-state index is 0.0529. The van der Waals surface area contributed by atoms with Gasteiger partial charge in [-0.3, -0.25) is 9.59 Å². The number of carbonyl (C=O) groups is 2. The average Bonchev–Trinajstić information content (AvgIpc) is 3.29. The van der Waals surface area contributed by atoms with Crippen LogP contribution in [0.25, 0.3) is 0 Å². The molecule has 5 heteroatoms. The number of rotatable bonds is 4. The molecule has 2 amide bonds. The molecule has 2 aromatic rings. The van der Waals surface area contributed by atoms with Gasteiger partial charge < -0.3 is 10.6 Å². The van der Waals surface area contributed by atoms with Crippen LogP contribution in [-0.4, -0.2) is 23.1 Å². The van der Waals surface area contributed by atoms with Gasteiger partial charge in [0, 0.05) is 10.9 Å². The molecular weight excluding hydrogens is 320 g/mol. The van der Waals surface area contributed by atoms with Crippen LogP contribution < -0.4 is 10.6 Å². The van der Waals surface area contributed by atoms with Gasteiger partial charge in [0.1, 0.15) is 0 Å². The van der Waals surface area contributed by atoms with E-state index in [-0.39, 0.29) is 17.1 Å². The van der Waals surface area contributed by atoms with Gasteiger partial charge >= 0.3 is 0 Å². The van der Waals surface area contributed by atoms with Crippen LogP contribution in [0.15, 0.2) is 53.4 Å². The maximum atomic E-state index is 12.6. The zero-order valence-electron chi connectivity index (χ0n) is 13.1. The summed E-state index contributed by atoms with van der Waals surface area (Å²) >= 11 is 1.59. The van der Waals surface area contributed by atoms with E-state index in [1.165, 1.54) is 5.56 Å². The molecule has 0 saturated heterocycles. The molecule has 0 radical (unpaired) electrons. The number of carbonyl (C=O) groups excluding carboxylic acids is 2. The van der Waals surface area contributed by atoms with Crippen molar-refractivity contribution >= 4 is 29.3 Å². The molecule has 0 aromatic heterocycles. The molecule has 1 heterocycles. The molecule has 24 heavy (non-hydrogen) atoms. The van der Waals surface area contributed by atoms with Crippen molar-refractivity contribution in [3.8, 4) is 0 Å². The minimum atomic E-state index is -0.151. The third-order valence-corrected chi connectivity index (χ3v) is 5.60. The Morgan fingerprint density at radius 1 is 1.00 bits per heavy atom. The third kappa shape index (κ3) is 3.17. The van der Waals surface area contributed by atoms with E-state index in [4.69, 9.17) is 0 Å². The van der Waals surface area contributed by atoms with Crippen LogP contribution in [0.3, 0.4) is 0 Å². The molecular formula is C19H18N2O2S. The topological polar surface area (TPSA) is 58.2 Å². The number of nitrogens with one attached hydrogen (secondary N) is 2. The second-order valence-corrected chi connectivity index (χ2v) is 7.45. The Morgan fingerprint density at radius 2 is 1.75 bits per heavy atom. The van der Waals surface area contributed by atoms with Gasteiger partial charge in [-0.05, 0) is 43.0 Å². The molecule has 2 N–H and O–H groups in total. The number of para-hydroxylation sites is 1. The Bertz CT molecular complexity index is 776. The molecule has 1 aliphatic carbocycles. The van der Waals surface area contributed by atoms with Gasteiger partial charge in [-0.1, -0.05) is 30.3 Å². The zero-order valence-corrected chi connectivity index (χ0v) is 13.9. The van der Waals surface area contributed by atoms with Crippen LogP contribution in [0.2, 0.25) is 0 Å². The molecule has 1 aliphatic heterocycles. The number of fused-ring (bicyclic) bond motifs is 1. The van der Waals surface area contributed by atoms with Crippen molar-refractivity contribution in [3.05, 3.63) is 59.7 Å². The van der Waals surface area contributed by atoms with Crippen molar-refractivity contribution in [2.75, 3.05) is 5.32 Å². The lowest BCUT2D eigenvalue weighted by Crippen LogP contribution is -2.29. The summed E-state index contributed by atoms with van der Waals surface area (Å²) in [6, 6.07) is 15.6. The Labute approximate surface area is 145 Å². The summed E-state index contributed by atoms with van der Waals surface area (Å²) in [4.78, 5) is 26.1. The smallest absolute Gasteiger partial charge is 0.253 e. The maximum Gasteiger partial charge on any atom is 0.253 e. The first-order chi connectivity index (χ1) is 11.7. The predicted octanol–water partition coefficient (Wildman–Crippen LogP) is 3.23. The summed E-state index contributed by atoms with van der Waals surface area (Å²) in [6.45, 7) is 0. The Hall–Kier alpha value is -2.27. The van der Waals surface area contributed by atoms with E-state index in [0.29, 0.717) is 17.3 Å². The largest absolute Gasteiger partial charge is 0.349 e. The number of thioether (sulfide) groups is 1. The van der Waals surface area contributed by atoms with Crippen molar-refractivity contribution in [2.45, 2.75) is 35.4 Å². The minimum Gasteiger partial charge on any atom is -0.349 e.